The first-order chi connectivity index (χ1) is 8.15. The highest BCUT2D eigenvalue weighted by Gasteiger charge is 2.12. The van der Waals surface area contributed by atoms with E-state index in [1.165, 1.54) is 7.11 Å². The van der Waals surface area contributed by atoms with E-state index in [9.17, 15) is 4.79 Å². The number of benzene rings is 1. The summed E-state index contributed by atoms with van der Waals surface area (Å²) in [4.78, 5) is 11.4. The van der Waals surface area contributed by atoms with Crippen LogP contribution < -0.4 is 5.73 Å². The number of hydrogen-bond donors (Lipinski definition) is 1. The van der Waals surface area contributed by atoms with Crippen LogP contribution in [0.2, 0.25) is 0 Å². The van der Waals surface area contributed by atoms with E-state index in [4.69, 9.17) is 15.2 Å². The molecular weight excluding hydrogens is 286 g/mol. The van der Waals surface area contributed by atoms with Crippen LogP contribution in [0.3, 0.4) is 0 Å². The summed E-state index contributed by atoms with van der Waals surface area (Å²) in [5, 5.41) is 0. The van der Waals surface area contributed by atoms with Gasteiger partial charge in [0.15, 0.2) is 0 Å². The second-order valence-corrected chi connectivity index (χ2v) is 4.50. The first-order valence-corrected chi connectivity index (χ1v) is 6.08. The van der Waals surface area contributed by atoms with Crippen molar-refractivity contribution < 1.29 is 14.3 Å². The van der Waals surface area contributed by atoms with Crippen molar-refractivity contribution in [3.8, 4) is 0 Å². The van der Waals surface area contributed by atoms with Crippen molar-refractivity contribution in [2.45, 2.75) is 19.1 Å². The first kappa shape index (κ1) is 14.2. The molecular formula is C12H16BrNO3. The van der Waals surface area contributed by atoms with Gasteiger partial charge in [0.2, 0.25) is 0 Å². The Bertz CT molecular complexity index is 349. The van der Waals surface area contributed by atoms with Crippen LogP contribution in [-0.4, -0.2) is 25.7 Å². The molecule has 0 amide bonds. The lowest BCUT2D eigenvalue weighted by Gasteiger charge is -2.12. The molecule has 0 fully saturated rings. The average molecular weight is 302 g/mol. The number of nitrogens with two attached hydrogens (primary N) is 1. The third-order valence-corrected chi connectivity index (χ3v) is 2.83. The lowest BCUT2D eigenvalue weighted by Crippen LogP contribution is -2.26. The summed E-state index contributed by atoms with van der Waals surface area (Å²) in [5.41, 5.74) is 6.36. The predicted octanol–water partition coefficient (Wildman–Crippen LogP) is 1.86. The Morgan fingerprint density at radius 3 is 2.59 bits per heavy atom. The molecule has 1 unspecified atom stereocenters. The van der Waals surface area contributed by atoms with Crippen LogP contribution >= 0.6 is 15.9 Å². The van der Waals surface area contributed by atoms with E-state index in [2.05, 4.69) is 15.9 Å². The first-order valence-electron chi connectivity index (χ1n) is 5.28. The fourth-order valence-corrected chi connectivity index (χ4v) is 1.52. The van der Waals surface area contributed by atoms with Gasteiger partial charge in [0.05, 0.1) is 12.5 Å². The third kappa shape index (κ3) is 5.30. The number of ether oxygens (including phenoxy) is 2. The van der Waals surface area contributed by atoms with Crippen molar-refractivity contribution in [1.82, 2.24) is 0 Å². The van der Waals surface area contributed by atoms with Crippen LogP contribution in [0.25, 0.3) is 0 Å². The average Bonchev–Trinajstić information content (AvgIpc) is 2.35. The predicted molar refractivity (Wildman–Crippen MR) is 68.4 cm³/mol. The van der Waals surface area contributed by atoms with Crippen molar-refractivity contribution in [1.29, 1.82) is 0 Å². The smallest absolute Gasteiger partial charge is 0.308 e. The summed E-state index contributed by atoms with van der Waals surface area (Å²) in [6, 6.07) is 7.60. The highest BCUT2D eigenvalue weighted by molar-refractivity contribution is 9.10. The lowest BCUT2D eigenvalue weighted by molar-refractivity contribution is -0.147. The van der Waals surface area contributed by atoms with Crippen LogP contribution in [0.4, 0.5) is 0 Å². The maximum atomic E-state index is 11.4. The van der Waals surface area contributed by atoms with Gasteiger partial charge in [-0.1, -0.05) is 28.1 Å². The van der Waals surface area contributed by atoms with Gasteiger partial charge in [-0.2, -0.15) is 0 Å². The second-order valence-electron chi connectivity index (χ2n) is 3.58. The molecule has 0 aliphatic rings. The minimum Gasteiger partial charge on any atom is -0.461 e. The molecule has 0 spiro atoms. The van der Waals surface area contributed by atoms with E-state index in [1.54, 1.807) is 0 Å². The van der Waals surface area contributed by atoms with Crippen LogP contribution in [-0.2, 0) is 20.9 Å². The topological polar surface area (TPSA) is 61.5 Å². The summed E-state index contributed by atoms with van der Waals surface area (Å²) in [6.07, 6.45) is -0.0869. The van der Waals surface area contributed by atoms with Crippen LogP contribution in [0.15, 0.2) is 28.7 Å². The molecule has 94 valence electrons. The second kappa shape index (κ2) is 7.42. The van der Waals surface area contributed by atoms with Gasteiger partial charge >= 0.3 is 5.97 Å². The Morgan fingerprint density at radius 2 is 2.06 bits per heavy atom. The van der Waals surface area contributed by atoms with E-state index in [0.717, 1.165) is 10.0 Å². The SMILES string of the molecule is COC(CN)CC(=O)OCc1ccc(Br)cc1. The minimum absolute atomic E-state index is 0.184. The molecule has 0 heterocycles. The zero-order valence-corrected chi connectivity index (χ0v) is 11.3. The molecule has 0 radical (unpaired) electrons. The number of rotatable bonds is 6. The van der Waals surface area contributed by atoms with Crippen molar-refractivity contribution in [2.24, 2.45) is 5.73 Å². The van der Waals surface area contributed by atoms with Gasteiger partial charge < -0.3 is 15.2 Å². The highest BCUT2D eigenvalue weighted by Crippen LogP contribution is 2.11. The van der Waals surface area contributed by atoms with Crippen molar-refractivity contribution in [3.05, 3.63) is 34.3 Å². The van der Waals surface area contributed by atoms with E-state index < -0.39 is 0 Å². The number of hydrogen-bond acceptors (Lipinski definition) is 4. The van der Waals surface area contributed by atoms with Gasteiger partial charge in [-0.3, -0.25) is 4.79 Å². The van der Waals surface area contributed by atoms with E-state index in [1.807, 2.05) is 24.3 Å². The summed E-state index contributed by atoms with van der Waals surface area (Å²) < 4.78 is 11.1. The lowest BCUT2D eigenvalue weighted by atomic mass is 10.2. The maximum absolute atomic E-state index is 11.4. The molecule has 0 aliphatic heterocycles. The molecule has 0 saturated heterocycles. The van der Waals surface area contributed by atoms with Crippen molar-refractivity contribution >= 4 is 21.9 Å². The standard InChI is InChI=1S/C12H16BrNO3/c1-16-11(7-14)6-12(15)17-8-9-2-4-10(13)5-3-9/h2-5,11H,6-8,14H2,1H3. The fourth-order valence-electron chi connectivity index (χ4n) is 1.25. The van der Waals surface area contributed by atoms with Gasteiger partial charge in [-0.15, -0.1) is 0 Å². The van der Waals surface area contributed by atoms with Crippen molar-refractivity contribution in [3.63, 3.8) is 0 Å². The molecule has 0 aliphatic carbocycles. The molecule has 0 bridgehead atoms. The Kier molecular flexibility index (Phi) is 6.18. The fraction of sp³-hybridized carbons (Fsp3) is 0.417. The monoisotopic (exact) mass is 301 g/mol. The molecule has 1 aromatic carbocycles. The van der Waals surface area contributed by atoms with Crippen molar-refractivity contribution in [2.75, 3.05) is 13.7 Å². The number of methoxy groups -OCH3 is 1. The largest absolute Gasteiger partial charge is 0.461 e. The Morgan fingerprint density at radius 1 is 1.41 bits per heavy atom. The van der Waals surface area contributed by atoms with Crippen LogP contribution in [0.1, 0.15) is 12.0 Å². The Hall–Kier alpha value is -0.910. The number of halogens is 1. The third-order valence-electron chi connectivity index (χ3n) is 2.30. The summed E-state index contributed by atoms with van der Waals surface area (Å²) in [7, 11) is 1.53. The van der Waals surface area contributed by atoms with E-state index >= 15 is 0 Å². The van der Waals surface area contributed by atoms with E-state index in [-0.39, 0.29) is 25.1 Å². The quantitative estimate of drug-likeness (QED) is 0.815. The van der Waals surface area contributed by atoms with Crippen LogP contribution in [0, 0.1) is 0 Å². The molecule has 1 atom stereocenters. The molecule has 17 heavy (non-hydrogen) atoms. The Balaban J connectivity index is 2.35. The molecule has 4 nitrogen and oxygen atoms in total. The Labute approximate surface area is 109 Å². The molecule has 0 aromatic heterocycles. The number of carbonyl (C=O) groups excluding carboxylic acids is 1. The zero-order valence-electron chi connectivity index (χ0n) is 9.69. The van der Waals surface area contributed by atoms with E-state index in [0.29, 0.717) is 6.54 Å². The molecule has 0 saturated carbocycles. The van der Waals surface area contributed by atoms with Gasteiger partial charge in [0, 0.05) is 18.1 Å². The highest BCUT2D eigenvalue weighted by atomic mass is 79.9. The zero-order chi connectivity index (χ0) is 12.7. The summed E-state index contributed by atoms with van der Waals surface area (Å²) >= 11 is 3.34. The normalized spacial score (nSPS) is 12.2. The molecule has 1 aromatic rings. The van der Waals surface area contributed by atoms with Gasteiger partial charge in [-0.05, 0) is 17.7 Å². The maximum Gasteiger partial charge on any atom is 0.308 e. The molecule has 1 rings (SSSR count). The molecule has 5 heteroatoms. The number of esters is 1. The summed E-state index contributed by atoms with van der Waals surface area (Å²) in [5.74, 6) is -0.301. The molecule has 2 N–H and O–H groups in total. The summed E-state index contributed by atoms with van der Waals surface area (Å²) in [6.45, 7) is 0.580. The van der Waals surface area contributed by atoms with Gasteiger partial charge in [-0.25, -0.2) is 0 Å². The van der Waals surface area contributed by atoms with Gasteiger partial charge in [0.1, 0.15) is 6.61 Å². The van der Waals surface area contributed by atoms with Gasteiger partial charge in [0.25, 0.3) is 0 Å². The number of carbonyl (C=O) groups is 1. The minimum atomic E-state index is -0.301. The van der Waals surface area contributed by atoms with Crippen LogP contribution in [0.5, 0.6) is 0 Å².